The largest absolute Gasteiger partial charge is 0.494 e. The molecule has 0 amide bonds. The molecule has 1 aromatic carbocycles. The van der Waals surface area contributed by atoms with Crippen molar-refractivity contribution in [2.24, 2.45) is 5.92 Å². The monoisotopic (exact) mass is 343 g/mol. The second kappa shape index (κ2) is 8.18. The van der Waals surface area contributed by atoms with Gasteiger partial charge in [0.05, 0.1) is 6.61 Å². The normalized spacial score (nSPS) is 22.6. The van der Waals surface area contributed by atoms with Crippen molar-refractivity contribution in [1.82, 2.24) is 5.32 Å². The summed E-state index contributed by atoms with van der Waals surface area (Å²) in [4.78, 5) is 0. The average molecular weight is 344 g/mol. The maximum Gasteiger partial charge on any atom is 0.120 e. The van der Waals surface area contributed by atoms with Crippen LogP contribution < -0.4 is 10.1 Å². The molecule has 0 spiro atoms. The maximum absolute atomic E-state index is 5.83. The van der Waals surface area contributed by atoms with E-state index in [1.807, 2.05) is 24.3 Å². The van der Waals surface area contributed by atoms with Crippen LogP contribution in [0.3, 0.4) is 0 Å². The molecular weight excluding hydrogens is 322 g/mol. The van der Waals surface area contributed by atoms with Crippen molar-refractivity contribution in [3.8, 4) is 5.75 Å². The highest BCUT2D eigenvalue weighted by atomic mass is 79.9. The van der Waals surface area contributed by atoms with E-state index in [-0.39, 0.29) is 0 Å². The van der Waals surface area contributed by atoms with Crippen LogP contribution in [0.4, 0.5) is 0 Å². The molecule has 0 aromatic heterocycles. The van der Waals surface area contributed by atoms with Gasteiger partial charge in [-0.15, -0.1) is 0 Å². The number of nitrogens with one attached hydrogen (secondary N) is 1. The Balaban J connectivity index is 1.72. The van der Waals surface area contributed by atoms with Gasteiger partial charge in [0.25, 0.3) is 0 Å². The number of benzene rings is 1. The van der Waals surface area contributed by atoms with Crippen LogP contribution in [0.1, 0.15) is 19.8 Å². The van der Waals surface area contributed by atoms with Crippen LogP contribution >= 0.6 is 27.7 Å². The second-order valence-corrected chi connectivity index (χ2v) is 6.94. The van der Waals surface area contributed by atoms with E-state index in [0.29, 0.717) is 6.04 Å². The zero-order valence-electron chi connectivity index (χ0n) is 11.4. The highest BCUT2D eigenvalue weighted by Crippen LogP contribution is 2.27. The standard InChI is InChI=1S/C15H22BrNOS/c1-2-7-17-15-11-19-10-12(15)6-8-18-14-5-3-4-13(16)9-14/h3-5,9,12,15,17H,2,6-8,10-11H2,1H3. The van der Waals surface area contributed by atoms with Crippen molar-refractivity contribution in [2.45, 2.75) is 25.8 Å². The molecule has 1 aromatic rings. The summed E-state index contributed by atoms with van der Waals surface area (Å²) in [6, 6.07) is 8.75. The van der Waals surface area contributed by atoms with Gasteiger partial charge in [0.2, 0.25) is 0 Å². The van der Waals surface area contributed by atoms with E-state index in [0.717, 1.165) is 35.7 Å². The van der Waals surface area contributed by atoms with Crippen LogP contribution in [0, 0.1) is 5.92 Å². The van der Waals surface area contributed by atoms with Crippen molar-refractivity contribution >= 4 is 27.7 Å². The first-order chi connectivity index (χ1) is 9.29. The summed E-state index contributed by atoms with van der Waals surface area (Å²) >= 11 is 5.53. The number of halogens is 1. The summed E-state index contributed by atoms with van der Waals surface area (Å²) in [6.45, 7) is 4.17. The third-order valence-electron chi connectivity index (χ3n) is 3.41. The minimum absolute atomic E-state index is 0.677. The van der Waals surface area contributed by atoms with Gasteiger partial charge in [-0.3, -0.25) is 0 Å². The summed E-state index contributed by atoms with van der Waals surface area (Å²) in [6.07, 6.45) is 2.35. The van der Waals surface area contributed by atoms with E-state index in [1.165, 1.54) is 17.9 Å². The fourth-order valence-electron chi connectivity index (χ4n) is 2.32. The fraction of sp³-hybridized carbons (Fsp3) is 0.600. The van der Waals surface area contributed by atoms with Crippen molar-refractivity contribution in [3.63, 3.8) is 0 Å². The van der Waals surface area contributed by atoms with Crippen LogP contribution in [-0.4, -0.2) is 30.7 Å². The molecule has 1 N–H and O–H groups in total. The molecule has 4 heteroatoms. The lowest BCUT2D eigenvalue weighted by atomic mass is 10.0. The molecule has 0 saturated carbocycles. The third kappa shape index (κ3) is 5.01. The van der Waals surface area contributed by atoms with Crippen molar-refractivity contribution in [2.75, 3.05) is 24.7 Å². The number of hydrogen-bond donors (Lipinski definition) is 1. The van der Waals surface area contributed by atoms with Crippen LogP contribution in [0.2, 0.25) is 0 Å². The lowest BCUT2D eigenvalue weighted by Gasteiger charge is -2.20. The highest BCUT2D eigenvalue weighted by molar-refractivity contribution is 9.10. The van der Waals surface area contributed by atoms with Crippen LogP contribution in [0.5, 0.6) is 5.75 Å². The van der Waals surface area contributed by atoms with Crippen LogP contribution in [0.25, 0.3) is 0 Å². The Morgan fingerprint density at radius 1 is 1.42 bits per heavy atom. The van der Waals surface area contributed by atoms with E-state index in [9.17, 15) is 0 Å². The number of ether oxygens (including phenoxy) is 1. The fourth-order valence-corrected chi connectivity index (χ4v) is 4.18. The van der Waals surface area contributed by atoms with Crippen LogP contribution in [-0.2, 0) is 0 Å². The van der Waals surface area contributed by atoms with Gasteiger partial charge < -0.3 is 10.1 Å². The van der Waals surface area contributed by atoms with E-state index in [2.05, 4.69) is 39.9 Å². The molecule has 2 rings (SSSR count). The Morgan fingerprint density at radius 3 is 3.11 bits per heavy atom. The molecule has 2 unspecified atom stereocenters. The smallest absolute Gasteiger partial charge is 0.120 e. The van der Waals surface area contributed by atoms with Gasteiger partial charge in [-0.2, -0.15) is 11.8 Å². The third-order valence-corrected chi connectivity index (χ3v) is 5.16. The SMILES string of the molecule is CCCNC1CSCC1CCOc1cccc(Br)c1. The Labute approximate surface area is 128 Å². The molecule has 19 heavy (non-hydrogen) atoms. The number of rotatable bonds is 7. The molecule has 1 heterocycles. The van der Waals surface area contributed by atoms with E-state index in [4.69, 9.17) is 4.74 Å². The first-order valence-electron chi connectivity index (χ1n) is 6.99. The summed E-state index contributed by atoms with van der Waals surface area (Å²) in [5, 5.41) is 3.66. The minimum atomic E-state index is 0.677. The Bertz CT molecular complexity index is 388. The second-order valence-electron chi connectivity index (χ2n) is 4.95. The van der Waals surface area contributed by atoms with Crippen molar-refractivity contribution in [1.29, 1.82) is 0 Å². The van der Waals surface area contributed by atoms with Gasteiger partial charge in [-0.25, -0.2) is 0 Å². The Morgan fingerprint density at radius 2 is 2.32 bits per heavy atom. The number of thioether (sulfide) groups is 1. The molecule has 1 saturated heterocycles. The maximum atomic E-state index is 5.83. The molecular formula is C15H22BrNOS. The van der Waals surface area contributed by atoms with Gasteiger partial charge >= 0.3 is 0 Å². The topological polar surface area (TPSA) is 21.3 Å². The molecule has 1 aliphatic heterocycles. The molecule has 106 valence electrons. The zero-order valence-corrected chi connectivity index (χ0v) is 13.8. The van der Waals surface area contributed by atoms with Gasteiger partial charge in [0.15, 0.2) is 0 Å². The highest BCUT2D eigenvalue weighted by Gasteiger charge is 2.26. The van der Waals surface area contributed by atoms with Crippen LogP contribution in [0.15, 0.2) is 28.7 Å². The summed E-state index contributed by atoms with van der Waals surface area (Å²) in [5.74, 6) is 4.23. The van der Waals surface area contributed by atoms with E-state index < -0.39 is 0 Å². The molecule has 1 aliphatic rings. The first kappa shape index (κ1) is 15.2. The summed E-state index contributed by atoms with van der Waals surface area (Å²) < 4.78 is 6.91. The molecule has 1 fully saturated rings. The predicted octanol–water partition coefficient (Wildman–Crippen LogP) is 3.95. The summed E-state index contributed by atoms with van der Waals surface area (Å²) in [5.41, 5.74) is 0. The lowest BCUT2D eigenvalue weighted by Crippen LogP contribution is -2.36. The van der Waals surface area contributed by atoms with Gasteiger partial charge in [0, 0.05) is 16.3 Å². The Hall–Kier alpha value is -0.190. The zero-order chi connectivity index (χ0) is 13.5. The van der Waals surface area contributed by atoms with E-state index in [1.54, 1.807) is 0 Å². The van der Waals surface area contributed by atoms with E-state index >= 15 is 0 Å². The first-order valence-corrected chi connectivity index (χ1v) is 8.94. The average Bonchev–Trinajstić information content (AvgIpc) is 2.84. The molecule has 0 bridgehead atoms. The van der Waals surface area contributed by atoms with Gasteiger partial charge in [-0.05, 0) is 49.3 Å². The van der Waals surface area contributed by atoms with Crippen molar-refractivity contribution in [3.05, 3.63) is 28.7 Å². The number of hydrogen-bond acceptors (Lipinski definition) is 3. The molecule has 0 aliphatic carbocycles. The predicted molar refractivity (Wildman–Crippen MR) is 87.2 cm³/mol. The summed E-state index contributed by atoms with van der Waals surface area (Å²) in [7, 11) is 0. The van der Waals surface area contributed by atoms with Crippen molar-refractivity contribution < 1.29 is 4.74 Å². The quantitative estimate of drug-likeness (QED) is 0.809. The molecule has 0 radical (unpaired) electrons. The molecule has 2 nitrogen and oxygen atoms in total. The van der Waals surface area contributed by atoms with Gasteiger partial charge in [-0.1, -0.05) is 28.9 Å². The minimum Gasteiger partial charge on any atom is -0.494 e. The van der Waals surface area contributed by atoms with Gasteiger partial charge in [0.1, 0.15) is 5.75 Å². The lowest BCUT2D eigenvalue weighted by molar-refractivity contribution is 0.268. The molecule has 2 atom stereocenters. The Kier molecular flexibility index (Phi) is 6.54.